The van der Waals surface area contributed by atoms with Gasteiger partial charge < -0.3 is 14.6 Å². The first-order valence-corrected chi connectivity index (χ1v) is 10.4. The molecule has 1 aliphatic carbocycles. The Balaban J connectivity index is 2.36. The molecule has 1 saturated carbocycles. The fourth-order valence-electron chi connectivity index (χ4n) is 4.68. The van der Waals surface area contributed by atoms with E-state index >= 15 is 0 Å². The van der Waals surface area contributed by atoms with Crippen molar-refractivity contribution in [1.82, 2.24) is 0 Å². The molecule has 0 amide bonds. The molecule has 1 N–H and O–H groups in total. The number of benzene rings is 2. The summed E-state index contributed by atoms with van der Waals surface area (Å²) < 4.78 is 10.3. The molecule has 0 heterocycles. The minimum absolute atomic E-state index is 0.194. The van der Waals surface area contributed by atoms with Crippen LogP contribution in [0.4, 0.5) is 0 Å². The van der Waals surface area contributed by atoms with Crippen molar-refractivity contribution in [3.05, 3.63) is 80.3 Å². The molecule has 0 unspecified atom stereocenters. The summed E-state index contributed by atoms with van der Waals surface area (Å²) in [5, 5.41) is 23.7. The molecule has 31 heavy (non-hydrogen) atoms. The number of aliphatic hydroxyl groups excluding tert-OH is 1. The summed E-state index contributed by atoms with van der Waals surface area (Å²) in [7, 11) is 2.14. The zero-order valence-corrected chi connectivity index (χ0v) is 18.5. The molecule has 0 saturated heterocycles. The predicted molar refractivity (Wildman–Crippen MR) is 114 cm³/mol. The minimum Gasteiger partial charge on any atom is -0.468 e. The number of nitrogens with zero attached hydrogens (tertiary/aromatic N) is 1. The third-order valence-electron chi connectivity index (χ3n) is 6.00. The van der Waals surface area contributed by atoms with Crippen LogP contribution in [0.2, 0.25) is 0 Å². The van der Waals surface area contributed by atoms with Gasteiger partial charge in [-0.3, -0.25) is 19.7 Å². The SMILES string of the molecule is COC(=O)C1(C(=O)OC)[C@@H](O)C[C@H](c2ccccc2)[C@H]([N+](=O)[O-])[C@@H]1c1ccccc1Br. The number of esters is 2. The molecule has 1 aliphatic rings. The summed E-state index contributed by atoms with van der Waals surface area (Å²) in [4.78, 5) is 38.1. The molecule has 3 rings (SSSR count). The van der Waals surface area contributed by atoms with Gasteiger partial charge in [0.25, 0.3) is 0 Å². The van der Waals surface area contributed by atoms with Crippen molar-refractivity contribution < 1.29 is 29.1 Å². The number of carbonyl (C=O) groups is 2. The maximum atomic E-state index is 13.1. The number of methoxy groups -OCH3 is 2. The van der Waals surface area contributed by atoms with Crippen LogP contribution in [0.3, 0.4) is 0 Å². The Labute approximate surface area is 187 Å². The molecule has 0 bridgehead atoms. The Kier molecular flexibility index (Phi) is 6.76. The van der Waals surface area contributed by atoms with Crippen molar-refractivity contribution in [3.63, 3.8) is 0 Å². The van der Waals surface area contributed by atoms with Crippen LogP contribution in [0.5, 0.6) is 0 Å². The Bertz CT molecular complexity index is 965. The Morgan fingerprint density at radius 3 is 2.13 bits per heavy atom. The van der Waals surface area contributed by atoms with E-state index in [-0.39, 0.29) is 6.42 Å². The second-order valence-corrected chi connectivity index (χ2v) is 8.25. The van der Waals surface area contributed by atoms with E-state index in [1.807, 2.05) is 0 Å². The van der Waals surface area contributed by atoms with Crippen molar-refractivity contribution in [3.8, 4) is 0 Å². The van der Waals surface area contributed by atoms with E-state index in [1.54, 1.807) is 54.6 Å². The van der Waals surface area contributed by atoms with Gasteiger partial charge in [-0.15, -0.1) is 0 Å². The summed E-state index contributed by atoms with van der Waals surface area (Å²) in [5.74, 6) is -4.27. The Morgan fingerprint density at radius 2 is 1.61 bits per heavy atom. The predicted octanol–water partition coefficient (Wildman–Crippen LogP) is 3.06. The van der Waals surface area contributed by atoms with E-state index in [4.69, 9.17) is 9.47 Å². The fourth-order valence-corrected chi connectivity index (χ4v) is 5.21. The zero-order chi connectivity index (χ0) is 22.8. The highest BCUT2D eigenvalue weighted by atomic mass is 79.9. The van der Waals surface area contributed by atoms with E-state index in [1.165, 1.54) is 0 Å². The molecule has 0 radical (unpaired) electrons. The van der Waals surface area contributed by atoms with Gasteiger partial charge in [0.15, 0.2) is 0 Å². The number of halogens is 1. The first-order valence-electron chi connectivity index (χ1n) is 9.58. The van der Waals surface area contributed by atoms with E-state index in [9.17, 15) is 24.8 Å². The molecule has 164 valence electrons. The summed E-state index contributed by atoms with van der Waals surface area (Å²) in [6, 6.07) is 13.9. The lowest BCUT2D eigenvalue weighted by molar-refractivity contribution is -0.538. The van der Waals surface area contributed by atoms with Gasteiger partial charge in [-0.2, -0.15) is 0 Å². The monoisotopic (exact) mass is 491 g/mol. The van der Waals surface area contributed by atoms with Crippen LogP contribution in [-0.4, -0.2) is 48.3 Å². The highest BCUT2D eigenvalue weighted by Crippen LogP contribution is 2.55. The third-order valence-corrected chi connectivity index (χ3v) is 6.73. The van der Waals surface area contributed by atoms with Crippen molar-refractivity contribution in [1.29, 1.82) is 0 Å². The molecule has 0 aromatic heterocycles. The van der Waals surface area contributed by atoms with Crippen LogP contribution in [0.1, 0.15) is 29.4 Å². The van der Waals surface area contributed by atoms with Crippen LogP contribution >= 0.6 is 15.9 Å². The molecule has 2 aromatic rings. The average Bonchev–Trinajstić information content (AvgIpc) is 2.78. The van der Waals surface area contributed by atoms with Gasteiger partial charge in [0, 0.05) is 9.40 Å². The van der Waals surface area contributed by atoms with Crippen LogP contribution < -0.4 is 0 Å². The van der Waals surface area contributed by atoms with Crippen LogP contribution in [0.25, 0.3) is 0 Å². The van der Waals surface area contributed by atoms with E-state index in [0.29, 0.717) is 15.6 Å². The smallest absolute Gasteiger partial charge is 0.326 e. The van der Waals surface area contributed by atoms with Gasteiger partial charge in [-0.05, 0) is 23.6 Å². The second-order valence-electron chi connectivity index (χ2n) is 7.40. The summed E-state index contributed by atoms with van der Waals surface area (Å²) in [5.41, 5.74) is -1.35. The first kappa shape index (κ1) is 22.9. The van der Waals surface area contributed by atoms with Gasteiger partial charge in [0.1, 0.15) is 0 Å². The highest BCUT2D eigenvalue weighted by Gasteiger charge is 2.69. The molecular weight excluding hydrogens is 470 g/mol. The van der Waals surface area contributed by atoms with Gasteiger partial charge in [-0.1, -0.05) is 64.5 Å². The third kappa shape index (κ3) is 3.72. The summed E-state index contributed by atoms with van der Waals surface area (Å²) >= 11 is 3.39. The van der Waals surface area contributed by atoms with Crippen LogP contribution in [0, 0.1) is 15.5 Å². The van der Waals surface area contributed by atoms with Gasteiger partial charge in [0.2, 0.25) is 11.5 Å². The zero-order valence-electron chi connectivity index (χ0n) is 16.9. The highest BCUT2D eigenvalue weighted by molar-refractivity contribution is 9.10. The first-order chi connectivity index (χ1) is 14.8. The van der Waals surface area contributed by atoms with Crippen molar-refractivity contribution >= 4 is 27.9 Å². The Hall–Kier alpha value is -2.78. The normalized spacial score (nSPS) is 24.8. The number of hydrogen-bond donors (Lipinski definition) is 1. The van der Waals surface area contributed by atoms with Gasteiger partial charge >= 0.3 is 11.9 Å². The summed E-state index contributed by atoms with van der Waals surface area (Å²) in [6.07, 6.45) is -1.77. The Morgan fingerprint density at radius 1 is 1.06 bits per heavy atom. The van der Waals surface area contributed by atoms with Crippen molar-refractivity contribution in [2.24, 2.45) is 5.41 Å². The molecule has 4 atom stereocenters. The van der Waals surface area contributed by atoms with E-state index in [2.05, 4.69) is 15.9 Å². The van der Waals surface area contributed by atoms with Crippen molar-refractivity contribution in [2.75, 3.05) is 14.2 Å². The molecule has 9 heteroatoms. The lowest BCUT2D eigenvalue weighted by Gasteiger charge is -2.46. The van der Waals surface area contributed by atoms with Crippen molar-refractivity contribution in [2.45, 2.75) is 30.4 Å². The van der Waals surface area contributed by atoms with E-state index < -0.39 is 46.3 Å². The number of rotatable bonds is 5. The maximum Gasteiger partial charge on any atom is 0.326 e. The fraction of sp³-hybridized carbons (Fsp3) is 0.364. The van der Waals surface area contributed by atoms with Crippen LogP contribution in [-0.2, 0) is 19.1 Å². The number of nitro groups is 1. The van der Waals surface area contributed by atoms with Gasteiger partial charge in [-0.25, -0.2) is 0 Å². The molecular formula is C22H22BrNO7. The summed E-state index contributed by atoms with van der Waals surface area (Å²) in [6.45, 7) is 0. The molecule has 8 nitrogen and oxygen atoms in total. The number of ether oxygens (including phenoxy) is 2. The molecule has 0 spiro atoms. The maximum absolute atomic E-state index is 13.1. The molecule has 0 aliphatic heterocycles. The largest absolute Gasteiger partial charge is 0.468 e. The van der Waals surface area contributed by atoms with E-state index in [0.717, 1.165) is 14.2 Å². The lowest BCUT2D eigenvalue weighted by atomic mass is 9.56. The molecule has 2 aromatic carbocycles. The standard InChI is InChI=1S/C22H22BrNO7/c1-30-20(26)22(21(27)31-2)17(25)12-15(13-8-4-3-5-9-13)19(24(28)29)18(22)14-10-6-7-11-16(14)23/h3-11,15,17-19,25H,12H2,1-2H3/t15-,17+,18+,19+/m1/s1. The topological polar surface area (TPSA) is 116 Å². The number of aliphatic hydroxyl groups is 1. The van der Waals surface area contributed by atoms with Gasteiger partial charge in [0.05, 0.1) is 32.2 Å². The minimum atomic E-state index is -2.31. The van der Waals surface area contributed by atoms with Crippen LogP contribution in [0.15, 0.2) is 59.1 Å². The number of carbonyl (C=O) groups excluding carboxylic acids is 2. The lowest BCUT2D eigenvalue weighted by Crippen LogP contribution is -2.62. The second kappa shape index (κ2) is 9.15. The number of hydrogen-bond acceptors (Lipinski definition) is 7. The molecule has 1 fully saturated rings. The quantitative estimate of drug-likeness (QED) is 0.295. The average molecular weight is 492 g/mol.